The quantitative estimate of drug-likeness (QED) is 0.407. The molecular formula is C6H5O4-. The van der Waals surface area contributed by atoms with Crippen molar-refractivity contribution in [3.8, 4) is 0 Å². The molecule has 0 heterocycles. The Morgan fingerprint density at radius 3 is 2.20 bits per heavy atom. The molecule has 0 fully saturated rings. The molecule has 0 atom stereocenters. The topological polar surface area (TPSA) is 77.4 Å². The lowest BCUT2D eigenvalue weighted by Crippen LogP contribution is -1.94. The van der Waals surface area contributed by atoms with E-state index < -0.39 is 11.8 Å². The van der Waals surface area contributed by atoms with E-state index in [1.807, 2.05) is 0 Å². The van der Waals surface area contributed by atoms with Crippen LogP contribution < -0.4 is 5.11 Å². The Balaban J connectivity index is 3.90. The summed E-state index contributed by atoms with van der Waals surface area (Å²) in [5, 5.41) is 17.6. The molecular weight excluding hydrogens is 136 g/mol. The van der Waals surface area contributed by atoms with Crippen molar-refractivity contribution in [1.82, 2.24) is 0 Å². The summed E-state index contributed by atoms with van der Waals surface area (Å²) < 4.78 is 0. The summed E-state index contributed by atoms with van der Waals surface area (Å²) in [6.45, 7) is 0. The predicted octanol–water partition coefficient (Wildman–Crippen LogP) is -0.930. The predicted molar refractivity (Wildman–Crippen MR) is 30.9 cm³/mol. The minimum Gasteiger partial charge on any atom is -0.878 e. The fourth-order valence-electron chi connectivity index (χ4n) is 0.276. The number of carboxylic acid groups (broad SMARTS) is 1. The van der Waals surface area contributed by atoms with Crippen LogP contribution in [0.3, 0.4) is 0 Å². The normalized spacial score (nSPS) is 10.8. The van der Waals surface area contributed by atoms with Crippen LogP contribution in [0.2, 0.25) is 0 Å². The van der Waals surface area contributed by atoms with Crippen molar-refractivity contribution in [2.24, 2.45) is 0 Å². The second-order valence-corrected chi connectivity index (χ2v) is 1.38. The van der Waals surface area contributed by atoms with Gasteiger partial charge in [-0.05, 0) is 12.2 Å². The molecule has 0 aliphatic carbocycles. The zero-order valence-corrected chi connectivity index (χ0v) is 4.98. The van der Waals surface area contributed by atoms with E-state index in [0.717, 1.165) is 12.2 Å². The zero-order valence-electron chi connectivity index (χ0n) is 4.98. The largest absolute Gasteiger partial charge is 0.878 e. The smallest absolute Gasteiger partial charge is 0.328 e. The molecule has 0 aromatic heterocycles. The Kier molecular flexibility index (Phi) is 3.63. The van der Waals surface area contributed by atoms with Gasteiger partial charge in [-0.25, -0.2) is 4.79 Å². The minimum absolute atomic E-state index is 0.300. The molecule has 0 spiro atoms. The highest BCUT2D eigenvalue weighted by molar-refractivity contribution is 6.02. The maximum absolute atomic E-state index is 10.3. The van der Waals surface area contributed by atoms with Gasteiger partial charge in [0, 0.05) is 6.08 Å². The van der Waals surface area contributed by atoms with Gasteiger partial charge < -0.3 is 10.2 Å². The first-order valence-electron chi connectivity index (χ1n) is 2.40. The molecule has 10 heavy (non-hydrogen) atoms. The van der Waals surface area contributed by atoms with Crippen molar-refractivity contribution in [2.45, 2.75) is 0 Å². The number of hydrogen-bond acceptors (Lipinski definition) is 3. The summed E-state index contributed by atoms with van der Waals surface area (Å²) in [5.41, 5.74) is 0. The Labute approximate surface area is 57.1 Å². The van der Waals surface area contributed by atoms with Gasteiger partial charge in [0.05, 0.1) is 0 Å². The standard InChI is InChI=1S/C6H6O4/c7-4-3-5(8)1-2-6(9)10/h1-4,7H,(H,9,10)/p-1/b2-1+,4-3-. The molecule has 1 N–H and O–H groups in total. The first-order valence-corrected chi connectivity index (χ1v) is 2.40. The van der Waals surface area contributed by atoms with Gasteiger partial charge in [0.1, 0.15) is 0 Å². The third kappa shape index (κ3) is 4.58. The Hall–Kier alpha value is -1.58. The number of carboxylic acids is 1. The molecule has 0 aromatic carbocycles. The molecule has 4 heteroatoms. The van der Waals surface area contributed by atoms with Crippen LogP contribution in [0.4, 0.5) is 0 Å². The van der Waals surface area contributed by atoms with Crippen LogP contribution in [-0.4, -0.2) is 16.9 Å². The van der Waals surface area contributed by atoms with Gasteiger partial charge in [0.15, 0.2) is 5.78 Å². The maximum atomic E-state index is 10.3. The summed E-state index contributed by atoms with van der Waals surface area (Å²) in [5.74, 6) is -1.84. The molecule has 0 bridgehead atoms. The van der Waals surface area contributed by atoms with Crippen LogP contribution in [0.5, 0.6) is 0 Å². The molecule has 0 rings (SSSR count). The molecule has 0 unspecified atom stereocenters. The third-order valence-corrected chi connectivity index (χ3v) is 0.622. The van der Waals surface area contributed by atoms with Crippen LogP contribution in [0, 0.1) is 0 Å². The lowest BCUT2D eigenvalue weighted by molar-refractivity contribution is -0.274. The fourth-order valence-corrected chi connectivity index (χ4v) is 0.276. The van der Waals surface area contributed by atoms with E-state index in [9.17, 15) is 14.7 Å². The number of carbonyl (C=O) groups excluding carboxylic acids is 1. The molecule has 0 aliphatic rings. The van der Waals surface area contributed by atoms with Gasteiger partial charge in [0.25, 0.3) is 0 Å². The van der Waals surface area contributed by atoms with Crippen molar-refractivity contribution in [3.63, 3.8) is 0 Å². The first kappa shape index (κ1) is 8.42. The number of ketones is 1. The molecule has 0 saturated carbocycles. The SMILES string of the molecule is O=C(O)/C=C/C(=O)/C=C\[O-]. The van der Waals surface area contributed by atoms with E-state index in [0.29, 0.717) is 12.3 Å². The second-order valence-electron chi connectivity index (χ2n) is 1.38. The van der Waals surface area contributed by atoms with E-state index in [1.54, 1.807) is 0 Å². The van der Waals surface area contributed by atoms with E-state index in [2.05, 4.69) is 0 Å². The van der Waals surface area contributed by atoms with Crippen LogP contribution in [0.25, 0.3) is 0 Å². The highest BCUT2D eigenvalue weighted by Crippen LogP contribution is 1.78. The molecule has 0 saturated heterocycles. The fraction of sp³-hybridized carbons (Fsp3) is 0. The molecule has 0 aliphatic heterocycles. The van der Waals surface area contributed by atoms with E-state index >= 15 is 0 Å². The van der Waals surface area contributed by atoms with Gasteiger partial charge >= 0.3 is 5.97 Å². The highest BCUT2D eigenvalue weighted by Gasteiger charge is 1.88. The number of carbonyl (C=O) groups is 2. The average molecular weight is 141 g/mol. The first-order chi connectivity index (χ1) is 4.66. The third-order valence-electron chi connectivity index (χ3n) is 0.622. The summed E-state index contributed by atoms with van der Waals surface area (Å²) in [6, 6.07) is 0. The summed E-state index contributed by atoms with van der Waals surface area (Å²) >= 11 is 0. The van der Waals surface area contributed by atoms with Crippen molar-refractivity contribution in [2.75, 3.05) is 0 Å². The summed E-state index contributed by atoms with van der Waals surface area (Å²) in [6.07, 6.45) is 2.51. The summed E-state index contributed by atoms with van der Waals surface area (Å²) in [4.78, 5) is 20.1. The van der Waals surface area contributed by atoms with Gasteiger partial charge in [-0.1, -0.05) is 0 Å². The van der Waals surface area contributed by atoms with Crippen molar-refractivity contribution in [1.29, 1.82) is 0 Å². The average Bonchev–Trinajstić information content (AvgIpc) is 1.85. The molecule has 4 nitrogen and oxygen atoms in total. The van der Waals surface area contributed by atoms with Gasteiger partial charge in [0.2, 0.25) is 0 Å². The van der Waals surface area contributed by atoms with E-state index in [1.165, 1.54) is 0 Å². The number of allylic oxidation sites excluding steroid dienone is 2. The van der Waals surface area contributed by atoms with E-state index in [-0.39, 0.29) is 0 Å². The van der Waals surface area contributed by atoms with Crippen molar-refractivity contribution < 1.29 is 19.8 Å². The minimum atomic E-state index is -1.22. The number of aliphatic carboxylic acids is 1. The Morgan fingerprint density at radius 2 is 1.80 bits per heavy atom. The van der Waals surface area contributed by atoms with Crippen LogP contribution in [0.15, 0.2) is 24.5 Å². The zero-order chi connectivity index (χ0) is 7.98. The van der Waals surface area contributed by atoms with Gasteiger partial charge in [-0.15, -0.1) is 6.26 Å². The van der Waals surface area contributed by atoms with Crippen molar-refractivity contribution >= 4 is 11.8 Å². The Morgan fingerprint density at radius 1 is 1.20 bits per heavy atom. The van der Waals surface area contributed by atoms with Gasteiger partial charge in [-0.2, -0.15) is 0 Å². The maximum Gasteiger partial charge on any atom is 0.328 e. The monoisotopic (exact) mass is 141 g/mol. The molecule has 0 radical (unpaired) electrons. The molecule has 0 amide bonds. The number of rotatable bonds is 3. The molecule has 0 aromatic rings. The van der Waals surface area contributed by atoms with Crippen LogP contribution in [0.1, 0.15) is 0 Å². The number of hydrogen-bond donors (Lipinski definition) is 1. The van der Waals surface area contributed by atoms with E-state index in [4.69, 9.17) is 5.11 Å². The van der Waals surface area contributed by atoms with Gasteiger partial charge in [-0.3, -0.25) is 4.79 Å². The second kappa shape index (κ2) is 4.31. The lowest BCUT2D eigenvalue weighted by atomic mass is 10.3. The lowest BCUT2D eigenvalue weighted by Gasteiger charge is -1.84. The highest BCUT2D eigenvalue weighted by atomic mass is 16.4. The summed E-state index contributed by atoms with van der Waals surface area (Å²) in [7, 11) is 0. The van der Waals surface area contributed by atoms with Crippen LogP contribution >= 0.6 is 0 Å². The Bertz CT molecular complexity index is 190. The van der Waals surface area contributed by atoms with Crippen molar-refractivity contribution in [3.05, 3.63) is 24.5 Å². The molecule has 54 valence electrons. The van der Waals surface area contributed by atoms with Crippen LogP contribution in [-0.2, 0) is 9.59 Å².